The molecule has 5 heteroatoms. The molecule has 0 spiro atoms. The summed E-state index contributed by atoms with van der Waals surface area (Å²) in [4.78, 5) is 0. The molecule has 1 saturated heterocycles. The van der Waals surface area contributed by atoms with Gasteiger partial charge in [-0.1, -0.05) is 12.1 Å². The van der Waals surface area contributed by atoms with Gasteiger partial charge in [-0.2, -0.15) is 0 Å². The van der Waals surface area contributed by atoms with Gasteiger partial charge in [0.05, 0.1) is 0 Å². The average molecular weight is 339 g/mol. The van der Waals surface area contributed by atoms with Crippen molar-refractivity contribution in [3.05, 3.63) is 47.5 Å². The highest BCUT2D eigenvalue weighted by Crippen LogP contribution is 2.44. The van der Waals surface area contributed by atoms with E-state index in [0.29, 0.717) is 25.4 Å². The molecule has 3 aliphatic rings. The van der Waals surface area contributed by atoms with E-state index in [-0.39, 0.29) is 0 Å². The van der Waals surface area contributed by atoms with Gasteiger partial charge in [0, 0.05) is 5.92 Å². The summed E-state index contributed by atoms with van der Waals surface area (Å²) in [6.45, 7) is 2.74. The monoisotopic (exact) mass is 339 g/mol. The molecule has 1 fully saturated rings. The third kappa shape index (κ3) is 2.68. The van der Waals surface area contributed by atoms with Gasteiger partial charge in [0.15, 0.2) is 23.0 Å². The lowest BCUT2D eigenvalue weighted by Crippen LogP contribution is -2.31. The van der Waals surface area contributed by atoms with Gasteiger partial charge in [-0.05, 0) is 67.2 Å². The van der Waals surface area contributed by atoms with Gasteiger partial charge < -0.3 is 24.3 Å². The molecule has 0 unspecified atom stereocenters. The van der Waals surface area contributed by atoms with Crippen LogP contribution in [0.25, 0.3) is 0 Å². The van der Waals surface area contributed by atoms with Crippen molar-refractivity contribution < 1.29 is 18.9 Å². The fourth-order valence-corrected chi connectivity index (χ4v) is 4.13. The van der Waals surface area contributed by atoms with Crippen molar-refractivity contribution in [2.45, 2.75) is 18.8 Å². The van der Waals surface area contributed by atoms with Crippen molar-refractivity contribution in [2.75, 3.05) is 26.7 Å². The van der Waals surface area contributed by atoms with Gasteiger partial charge in [0.25, 0.3) is 0 Å². The zero-order chi connectivity index (χ0) is 16.6. The van der Waals surface area contributed by atoms with Crippen LogP contribution in [0, 0.1) is 5.92 Å². The first kappa shape index (κ1) is 14.9. The van der Waals surface area contributed by atoms with E-state index in [9.17, 15) is 0 Å². The van der Waals surface area contributed by atoms with E-state index in [1.54, 1.807) is 0 Å². The first-order chi connectivity index (χ1) is 12.4. The molecule has 25 heavy (non-hydrogen) atoms. The molecule has 3 heterocycles. The molecule has 5 nitrogen and oxygen atoms in total. The summed E-state index contributed by atoms with van der Waals surface area (Å²) in [7, 11) is 0. The second-order valence-electron chi connectivity index (χ2n) is 6.79. The van der Waals surface area contributed by atoms with Crippen LogP contribution in [-0.4, -0.2) is 26.7 Å². The molecule has 3 aliphatic heterocycles. The van der Waals surface area contributed by atoms with Crippen molar-refractivity contribution in [3.63, 3.8) is 0 Å². The van der Waals surface area contributed by atoms with Crippen molar-refractivity contribution in [2.24, 2.45) is 5.92 Å². The van der Waals surface area contributed by atoms with E-state index in [2.05, 4.69) is 29.6 Å². The van der Waals surface area contributed by atoms with E-state index in [1.807, 2.05) is 12.1 Å². The maximum atomic E-state index is 5.61. The minimum atomic E-state index is 0.306. The first-order valence-electron chi connectivity index (χ1n) is 8.88. The van der Waals surface area contributed by atoms with Crippen molar-refractivity contribution in [3.8, 4) is 23.0 Å². The SMILES string of the molecule is c1cc2c(cc1C(c1ccc3c(c1)OCO3)C1CCNCC1)OCO2. The van der Waals surface area contributed by atoms with Crippen LogP contribution in [0.15, 0.2) is 36.4 Å². The lowest BCUT2D eigenvalue weighted by Gasteiger charge is -2.31. The predicted molar refractivity (Wildman–Crippen MR) is 92.6 cm³/mol. The second-order valence-corrected chi connectivity index (χ2v) is 6.79. The standard InChI is InChI=1S/C20H21NO4/c1-3-16-18(24-11-22-16)9-14(1)20(13-5-7-21-8-6-13)15-2-4-17-19(10-15)25-12-23-17/h1-4,9-10,13,20-21H,5-8,11-12H2. The molecule has 0 aliphatic carbocycles. The van der Waals surface area contributed by atoms with Crippen molar-refractivity contribution in [1.82, 2.24) is 5.32 Å². The number of nitrogens with one attached hydrogen (secondary N) is 1. The van der Waals surface area contributed by atoms with E-state index < -0.39 is 0 Å². The molecule has 0 radical (unpaired) electrons. The minimum Gasteiger partial charge on any atom is -0.454 e. The number of hydrogen-bond donors (Lipinski definition) is 1. The summed E-state index contributed by atoms with van der Waals surface area (Å²) in [5, 5.41) is 3.47. The fourth-order valence-electron chi connectivity index (χ4n) is 4.13. The molecule has 5 rings (SSSR count). The Morgan fingerprint density at radius 1 is 0.720 bits per heavy atom. The molecule has 0 saturated carbocycles. The predicted octanol–water partition coefficient (Wildman–Crippen LogP) is 3.28. The maximum absolute atomic E-state index is 5.61. The third-order valence-corrected chi connectivity index (χ3v) is 5.37. The largest absolute Gasteiger partial charge is 0.454 e. The molecule has 0 amide bonds. The van der Waals surface area contributed by atoms with E-state index in [1.165, 1.54) is 11.1 Å². The van der Waals surface area contributed by atoms with Gasteiger partial charge in [-0.15, -0.1) is 0 Å². The van der Waals surface area contributed by atoms with E-state index in [4.69, 9.17) is 18.9 Å². The zero-order valence-corrected chi connectivity index (χ0v) is 14.0. The minimum absolute atomic E-state index is 0.306. The Morgan fingerprint density at radius 3 is 1.80 bits per heavy atom. The van der Waals surface area contributed by atoms with Crippen molar-refractivity contribution >= 4 is 0 Å². The molecular formula is C20H21NO4. The Balaban J connectivity index is 1.56. The highest BCUT2D eigenvalue weighted by Gasteiger charge is 2.29. The number of ether oxygens (including phenoxy) is 4. The van der Waals surface area contributed by atoms with Gasteiger partial charge >= 0.3 is 0 Å². The highest BCUT2D eigenvalue weighted by molar-refractivity contribution is 5.51. The van der Waals surface area contributed by atoms with Gasteiger partial charge in [-0.25, -0.2) is 0 Å². The molecule has 1 N–H and O–H groups in total. The van der Waals surface area contributed by atoms with E-state index >= 15 is 0 Å². The third-order valence-electron chi connectivity index (χ3n) is 5.37. The number of fused-ring (bicyclic) bond motifs is 2. The summed E-state index contributed by atoms with van der Waals surface area (Å²) in [6.07, 6.45) is 2.32. The van der Waals surface area contributed by atoms with Crippen LogP contribution < -0.4 is 24.3 Å². The Kier molecular flexibility index (Phi) is 3.67. The number of piperidine rings is 1. The average Bonchev–Trinajstić information content (AvgIpc) is 3.31. The summed E-state index contributed by atoms with van der Waals surface area (Å²) >= 11 is 0. The van der Waals surface area contributed by atoms with Gasteiger partial charge in [-0.3, -0.25) is 0 Å². The fraction of sp³-hybridized carbons (Fsp3) is 0.400. The number of hydrogen-bond acceptors (Lipinski definition) is 5. The van der Waals surface area contributed by atoms with Crippen LogP contribution in [0.5, 0.6) is 23.0 Å². The summed E-state index contributed by atoms with van der Waals surface area (Å²) in [5.41, 5.74) is 2.55. The zero-order valence-electron chi connectivity index (χ0n) is 14.0. The Morgan fingerprint density at radius 2 is 1.24 bits per heavy atom. The molecule has 0 aromatic heterocycles. The second kappa shape index (κ2) is 6.15. The smallest absolute Gasteiger partial charge is 0.231 e. The molecule has 130 valence electrons. The number of rotatable bonds is 3. The van der Waals surface area contributed by atoms with Crippen LogP contribution in [0.3, 0.4) is 0 Å². The molecule has 2 aromatic rings. The van der Waals surface area contributed by atoms with Crippen LogP contribution in [0.1, 0.15) is 29.9 Å². The van der Waals surface area contributed by atoms with Gasteiger partial charge in [0.2, 0.25) is 13.6 Å². The molecule has 0 atom stereocenters. The summed E-state index contributed by atoms with van der Waals surface area (Å²) < 4.78 is 22.2. The Bertz CT molecular complexity index is 728. The Hall–Kier alpha value is -2.40. The van der Waals surface area contributed by atoms with Crippen molar-refractivity contribution in [1.29, 1.82) is 0 Å². The van der Waals surface area contributed by atoms with Gasteiger partial charge in [0.1, 0.15) is 0 Å². The molecule has 2 aromatic carbocycles. The molecular weight excluding hydrogens is 318 g/mol. The molecule has 0 bridgehead atoms. The van der Waals surface area contributed by atoms with Crippen LogP contribution >= 0.6 is 0 Å². The maximum Gasteiger partial charge on any atom is 0.231 e. The highest BCUT2D eigenvalue weighted by atomic mass is 16.7. The summed E-state index contributed by atoms with van der Waals surface area (Å²) in [5.74, 6) is 4.25. The Labute approximate surface area is 146 Å². The van der Waals surface area contributed by atoms with E-state index in [0.717, 1.165) is 48.9 Å². The topological polar surface area (TPSA) is 49.0 Å². The first-order valence-corrected chi connectivity index (χ1v) is 8.88. The summed E-state index contributed by atoms with van der Waals surface area (Å²) in [6, 6.07) is 12.7. The number of benzene rings is 2. The van der Waals surface area contributed by atoms with Crippen LogP contribution in [-0.2, 0) is 0 Å². The van der Waals surface area contributed by atoms with Crippen LogP contribution in [0.4, 0.5) is 0 Å². The lowest BCUT2D eigenvalue weighted by atomic mass is 9.76. The normalized spacial score (nSPS) is 18.8. The quantitative estimate of drug-likeness (QED) is 0.930. The lowest BCUT2D eigenvalue weighted by molar-refractivity contribution is 0.173. The van der Waals surface area contributed by atoms with Crippen LogP contribution in [0.2, 0.25) is 0 Å².